The van der Waals surface area contributed by atoms with Crippen LogP contribution >= 0.6 is 17.0 Å². The number of rotatable bonds is 0. The molecule has 0 atom stereocenters. The minimum Gasteiger partial charge on any atom is -0.505 e. The van der Waals surface area contributed by atoms with Crippen LogP contribution in [0.2, 0.25) is 0 Å². The molecule has 0 spiro atoms. The highest BCUT2D eigenvalue weighted by molar-refractivity contribution is 8.93. The molecule has 15 heavy (non-hydrogen) atoms. The molecule has 80 valence electrons. The van der Waals surface area contributed by atoms with Crippen LogP contribution in [0.1, 0.15) is 0 Å². The maximum absolute atomic E-state index is 12.8. The van der Waals surface area contributed by atoms with E-state index in [1.54, 1.807) is 0 Å². The van der Waals surface area contributed by atoms with Gasteiger partial charge in [0.15, 0.2) is 5.82 Å². The Bertz CT molecular complexity index is 570. The molecule has 0 saturated carbocycles. The van der Waals surface area contributed by atoms with Gasteiger partial charge in [-0.05, 0) is 6.07 Å². The molecule has 0 saturated heterocycles. The number of halogens is 2. The van der Waals surface area contributed by atoms with Gasteiger partial charge in [-0.1, -0.05) is 0 Å². The summed E-state index contributed by atoms with van der Waals surface area (Å²) < 4.78 is 12.8. The number of aromatic hydroxyl groups is 1. The summed E-state index contributed by atoms with van der Waals surface area (Å²) in [4.78, 5) is 16.9. The van der Waals surface area contributed by atoms with Crippen LogP contribution in [-0.2, 0) is 0 Å². The number of benzene rings is 1. The average molecular weight is 276 g/mol. The largest absolute Gasteiger partial charge is 0.505 e. The molecule has 0 radical (unpaired) electrons. The molecule has 0 amide bonds. The van der Waals surface area contributed by atoms with E-state index in [1.807, 2.05) is 0 Å². The number of nitrogens with zero attached hydrogens (tertiary/aromatic N) is 1. The highest BCUT2D eigenvalue weighted by atomic mass is 79.9. The molecule has 0 unspecified atom stereocenters. The van der Waals surface area contributed by atoms with Crippen LogP contribution < -0.4 is 11.3 Å². The van der Waals surface area contributed by atoms with E-state index in [1.165, 1.54) is 0 Å². The number of hydrogen-bond acceptors (Lipinski definition) is 4. The van der Waals surface area contributed by atoms with Crippen molar-refractivity contribution in [3.63, 3.8) is 0 Å². The fourth-order valence-electron chi connectivity index (χ4n) is 1.16. The average Bonchev–Trinajstić information content (AvgIpc) is 2.08. The lowest BCUT2D eigenvalue weighted by Crippen LogP contribution is -2.13. The number of nitrogens with two attached hydrogens (primary N) is 1. The number of phenols is 1. The summed E-state index contributed by atoms with van der Waals surface area (Å²) >= 11 is 0. The van der Waals surface area contributed by atoms with E-state index in [-0.39, 0.29) is 39.6 Å². The Morgan fingerprint density at radius 3 is 2.80 bits per heavy atom. The van der Waals surface area contributed by atoms with Crippen LogP contribution in [0.5, 0.6) is 5.75 Å². The lowest BCUT2D eigenvalue weighted by molar-refractivity contribution is 0.474. The number of nitrogen functional groups attached to an aromatic ring is 1. The summed E-state index contributed by atoms with van der Waals surface area (Å²) in [6, 6.07) is 1.95. The minimum absolute atomic E-state index is 0. The fraction of sp³-hybridized carbons (Fsp3) is 0. The zero-order valence-electron chi connectivity index (χ0n) is 7.32. The Balaban J connectivity index is 0.00000112. The number of nitrogens with one attached hydrogen (secondary N) is 1. The Morgan fingerprint density at radius 1 is 1.47 bits per heavy atom. The zero-order chi connectivity index (χ0) is 10.3. The molecule has 0 aliphatic carbocycles. The maximum Gasteiger partial charge on any atom is 0.290 e. The molecular weight excluding hydrogens is 269 g/mol. The second kappa shape index (κ2) is 3.85. The van der Waals surface area contributed by atoms with Gasteiger partial charge in [0.25, 0.3) is 5.56 Å². The zero-order valence-corrected chi connectivity index (χ0v) is 9.03. The van der Waals surface area contributed by atoms with Gasteiger partial charge in [0.1, 0.15) is 17.1 Å². The van der Waals surface area contributed by atoms with Gasteiger partial charge in [-0.2, -0.15) is 0 Å². The SMILES string of the molecule is Br.Nc1nc2c(O)cc(F)cc2[nH]c1=O. The van der Waals surface area contributed by atoms with E-state index in [9.17, 15) is 14.3 Å². The van der Waals surface area contributed by atoms with Crippen molar-refractivity contribution < 1.29 is 9.50 Å². The fourth-order valence-corrected chi connectivity index (χ4v) is 1.16. The number of anilines is 1. The lowest BCUT2D eigenvalue weighted by Gasteiger charge is -2.00. The number of aromatic nitrogens is 2. The third-order valence-electron chi connectivity index (χ3n) is 1.77. The molecule has 0 aliphatic heterocycles. The topological polar surface area (TPSA) is 92.0 Å². The standard InChI is InChI=1S/C8H6FN3O2.BrH/c9-3-1-4-6(5(13)2-3)12-7(10)8(14)11-4;/h1-2,13H,(H2,10,12)(H,11,14);1H. The second-order valence-electron chi connectivity index (χ2n) is 2.77. The normalized spacial score (nSPS) is 9.93. The molecule has 2 rings (SSSR count). The molecule has 1 aromatic heterocycles. The number of hydrogen-bond donors (Lipinski definition) is 3. The van der Waals surface area contributed by atoms with Crippen LogP contribution in [0.25, 0.3) is 11.0 Å². The lowest BCUT2D eigenvalue weighted by atomic mass is 10.2. The monoisotopic (exact) mass is 275 g/mol. The molecule has 1 heterocycles. The molecule has 0 bridgehead atoms. The second-order valence-corrected chi connectivity index (χ2v) is 2.77. The van der Waals surface area contributed by atoms with Crippen LogP contribution in [-0.4, -0.2) is 15.1 Å². The summed E-state index contributed by atoms with van der Waals surface area (Å²) in [5.74, 6) is -1.28. The van der Waals surface area contributed by atoms with Gasteiger partial charge in [0, 0.05) is 6.07 Å². The number of phenolic OH excluding ortho intramolecular Hbond substituents is 1. The van der Waals surface area contributed by atoms with Crippen LogP contribution in [0.15, 0.2) is 16.9 Å². The van der Waals surface area contributed by atoms with Crippen molar-refractivity contribution in [1.82, 2.24) is 9.97 Å². The Labute approximate surface area is 93.5 Å². The Morgan fingerprint density at radius 2 is 2.13 bits per heavy atom. The van der Waals surface area contributed by atoms with Crippen molar-refractivity contribution in [2.24, 2.45) is 0 Å². The Kier molecular flexibility index (Phi) is 2.94. The Hall–Kier alpha value is -1.63. The van der Waals surface area contributed by atoms with Gasteiger partial charge < -0.3 is 15.8 Å². The highest BCUT2D eigenvalue weighted by Gasteiger charge is 2.07. The van der Waals surface area contributed by atoms with Crippen molar-refractivity contribution in [2.45, 2.75) is 0 Å². The van der Waals surface area contributed by atoms with Crippen LogP contribution in [0.3, 0.4) is 0 Å². The van der Waals surface area contributed by atoms with Gasteiger partial charge >= 0.3 is 0 Å². The van der Waals surface area contributed by atoms with E-state index >= 15 is 0 Å². The van der Waals surface area contributed by atoms with Crippen molar-refractivity contribution in [1.29, 1.82) is 0 Å². The maximum atomic E-state index is 12.8. The molecule has 4 N–H and O–H groups in total. The number of fused-ring (bicyclic) bond motifs is 1. The number of H-pyrrole nitrogens is 1. The van der Waals surface area contributed by atoms with E-state index in [4.69, 9.17) is 5.73 Å². The number of aromatic amines is 1. The third kappa shape index (κ3) is 1.91. The van der Waals surface area contributed by atoms with Crippen molar-refractivity contribution in [3.8, 4) is 5.75 Å². The summed E-state index contributed by atoms with van der Waals surface area (Å²) in [5, 5.41) is 9.29. The van der Waals surface area contributed by atoms with E-state index in [0.29, 0.717) is 0 Å². The summed E-state index contributed by atoms with van der Waals surface area (Å²) in [6.45, 7) is 0. The summed E-state index contributed by atoms with van der Waals surface area (Å²) in [5.41, 5.74) is 4.81. The van der Waals surface area contributed by atoms with Crippen molar-refractivity contribution in [3.05, 3.63) is 28.3 Å². The van der Waals surface area contributed by atoms with Crippen LogP contribution in [0, 0.1) is 5.82 Å². The first-order chi connectivity index (χ1) is 6.58. The van der Waals surface area contributed by atoms with E-state index in [2.05, 4.69) is 9.97 Å². The van der Waals surface area contributed by atoms with Gasteiger partial charge in [-0.15, -0.1) is 17.0 Å². The van der Waals surface area contributed by atoms with Crippen LogP contribution in [0.4, 0.5) is 10.2 Å². The molecule has 0 aliphatic rings. The van der Waals surface area contributed by atoms with E-state index < -0.39 is 11.4 Å². The molecule has 0 fully saturated rings. The van der Waals surface area contributed by atoms with Crippen molar-refractivity contribution >= 4 is 33.8 Å². The predicted octanol–water partition coefficient (Wildman–Crippen LogP) is 0.928. The molecule has 1 aromatic carbocycles. The van der Waals surface area contributed by atoms with Crippen molar-refractivity contribution in [2.75, 3.05) is 5.73 Å². The quantitative estimate of drug-likeness (QED) is 0.667. The smallest absolute Gasteiger partial charge is 0.290 e. The third-order valence-corrected chi connectivity index (χ3v) is 1.77. The van der Waals surface area contributed by atoms with Gasteiger partial charge in [0.2, 0.25) is 0 Å². The van der Waals surface area contributed by atoms with Gasteiger partial charge in [-0.25, -0.2) is 9.37 Å². The first-order valence-electron chi connectivity index (χ1n) is 3.76. The minimum atomic E-state index is -0.655. The summed E-state index contributed by atoms with van der Waals surface area (Å²) in [6.07, 6.45) is 0. The molecular formula is C8H7BrFN3O2. The van der Waals surface area contributed by atoms with E-state index in [0.717, 1.165) is 12.1 Å². The highest BCUT2D eigenvalue weighted by Crippen LogP contribution is 2.21. The first kappa shape index (κ1) is 11.4. The molecule has 7 heteroatoms. The molecule has 5 nitrogen and oxygen atoms in total. The first-order valence-corrected chi connectivity index (χ1v) is 3.76. The predicted molar refractivity (Wildman–Crippen MR) is 58.7 cm³/mol. The van der Waals surface area contributed by atoms with Gasteiger partial charge in [0.05, 0.1) is 5.52 Å². The summed E-state index contributed by atoms with van der Waals surface area (Å²) in [7, 11) is 0. The molecule has 2 aromatic rings. The van der Waals surface area contributed by atoms with Gasteiger partial charge in [-0.3, -0.25) is 4.79 Å².